The third-order valence-electron chi connectivity index (χ3n) is 3.42. The SMILES string of the molecule is Cc1c(C#CCN)cccc1C(=O)NCC1CCCO1. The molecule has 1 fully saturated rings. The molecule has 1 amide bonds. The van der Waals surface area contributed by atoms with E-state index in [0.29, 0.717) is 18.7 Å². The number of hydrogen-bond acceptors (Lipinski definition) is 3. The van der Waals surface area contributed by atoms with Crippen LogP contribution in [0.3, 0.4) is 0 Å². The average molecular weight is 272 g/mol. The van der Waals surface area contributed by atoms with Crippen molar-refractivity contribution < 1.29 is 9.53 Å². The van der Waals surface area contributed by atoms with Crippen molar-refractivity contribution in [3.63, 3.8) is 0 Å². The lowest BCUT2D eigenvalue weighted by molar-refractivity contribution is 0.0857. The van der Waals surface area contributed by atoms with Crippen molar-refractivity contribution in [2.24, 2.45) is 5.73 Å². The minimum atomic E-state index is -0.0746. The van der Waals surface area contributed by atoms with E-state index in [1.54, 1.807) is 0 Å². The highest BCUT2D eigenvalue weighted by Gasteiger charge is 2.17. The number of nitrogens with two attached hydrogens (primary N) is 1. The summed E-state index contributed by atoms with van der Waals surface area (Å²) >= 11 is 0. The second-order valence-electron chi connectivity index (χ2n) is 4.83. The maximum absolute atomic E-state index is 12.2. The van der Waals surface area contributed by atoms with Crippen LogP contribution >= 0.6 is 0 Å². The molecule has 1 aromatic carbocycles. The van der Waals surface area contributed by atoms with Crippen molar-refractivity contribution in [1.82, 2.24) is 5.32 Å². The van der Waals surface area contributed by atoms with E-state index in [9.17, 15) is 4.79 Å². The maximum Gasteiger partial charge on any atom is 0.251 e. The molecule has 1 heterocycles. The van der Waals surface area contributed by atoms with Gasteiger partial charge in [-0.05, 0) is 37.5 Å². The molecule has 1 aliphatic rings. The first kappa shape index (κ1) is 14.6. The van der Waals surface area contributed by atoms with E-state index in [2.05, 4.69) is 17.2 Å². The van der Waals surface area contributed by atoms with Crippen molar-refractivity contribution in [3.8, 4) is 11.8 Å². The molecule has 1 saturated heterocycles. The van der Waals surface area contributed by atoms with Gasteiger partial charge in [0.25, 0.3) is 5.91 Å². The lowest BCUT2D eigenvalue weighted by atomic mass is 10.0. The summed E-state index contributed by atoms with van der Waals surface area (Å²) in [7, 11) is 0. The molecule has 20 heavy (non-hydrogen) atoms. The Kier molecular flexibility index (Phi) is 5.16. The summed E-state index contributed by atoms with van der Waals surface area (Å²) in [5.41, 5.74) is 7.77. The highest BCUT2D eigenvalue weighted by molar-refractivity contribution is 5.96. The molecular formula is C16H20N2O2. The van der Waals surface area contributed by atoms with E-state index in [4.69, 9.17) is 10.5 Å². The van der Waals surface area contributed by atoms with Crippen LogP contribution in [0.15, 0.2) is 18.2 Å². The number of rotatable bonds is 3. The fourth-order valence-corrected chi connectivity index (χ4v) is 2.27. The van der Waals surface area contributed by atoms with Crippen LogP contribution in [0.1, 0.15) is 34.3 Å². The molecule has 2 rings (SSSR count). The van der Waals surface area contributed by atoms with Crippen LogP contribution in [-0.4, -0.2) is 31.7 Å². The third kappa shape index (κ3) is 3.60. The number of amides is 1. The molecule has 0 bridgehead atoms. The molecule has 0 radical (unpaired) electrons. The van der Waals surface area contributed by atoms with Crippen molar-refractivity contribution >= 4 is 5.91 Å². The Morgan fingerprint density at radius 3 is 3.10 bits per heavy atom. The Morgan fingerprint density at radius 1 is 1.55 bits per heavy atom. The minimum Gasteiger partial charge on any atom is -0.376 e. The van der Waals surface area contributed by atoms with E-state index >= 15 is 0 Å². The molecule has 3 N–H and O–H groups in total. The summed E-state index contributed by atoms with van der Waals surface area (Å²) in [5.74, 6) is 5.73. The summed E-state index contributed by atoms with van der Waals surface area (Å²) in [6.07, 6.45) is 2.24. The van der Waals surface area contributed by atoms with Gasteiger partial charge in [-0.1, -0.05) is 17.9 Å². The quantitative estimate of drug-likeness (QED) is 0.813. The summed E-state index contributed by atoms with van der Waals surface area (Å²) < 4.78 is 5.50. The van der Waals surface area contributed by atoms with Crippen molar-refractivity contribution in [3.05, 3.63) is 34.9 Å². The van der Waals surface area contributed by atoms with E-state index in [-0.39, 0.29) is 12.0 Å². The summed E-state index contributed by atoms with van der Waals surface area (Å²) in [4.78, 5) is 12.2. The molecule has 0 saturated carbocycles. The summed E-state index contributed by atoms with van der Waals surface area (Å²) in [6.45, 7) is 3.58. The molecule has 4 heteroatoms. The lowest BCUT2D eigenvalue weighted by Crippen LogP contribution is -2.32. The Bertz CT molecular complexity index is 537. The smallest absolute Gasteiger partial charge is 0.251 e. The van der Waals surface area contributed by atoms with Gasteiger partial charge in [0, 0.05) is 24.3 Å². The minimum absolute atomic E-state index is 0.0746. The number of carbonyl (C=O) groups is 1. The van der Waals surface area contributed by atoms with Gasteiger partial charge in [0.1, 0.15) is 0 Å². The predicted octanol–water partition coefficient (Wildman–Crippen LogP) is 1.21. The van der Waals surface area contributed by atoms with Gasteiger partial charge in [-0.3, -0.25) is 4.79 Å². The van der Waals surface area contributed by atoms with Crippen molar-refractivity contribution in [2.75, 3.05) is 19.7 Å². The molecule has 0 aliphatic carbocycles. The van der Waals surface area contributed by atoms with Crippen LogP contribution in [0.4, 0.5) is 0 Å². The number of carbonyl (C=O) groups excluding carboxylic acids is 1. The van der Waals surface area contributed by atoms with Gasteiger partial charge < -0.3 is 15.8 Å². The molecule has 1 aliphatic heterocycles. The predicted molar refractivity (Wildman–Crippen MR) is 78.4 cm³/mol. The lowest BCUT2D eigenvalue weighted by Gasteiger charge is -2.12. The van der Waals surface area contributed by atoms with Gasteiger partial charge in [-0.15, -0.1) is 0 Å². The number of benzene rings is 1. The van der Waals surface area contributed by atoms with E-state index in [1.165, 1.54) is 0 Å². The topological polar surface area (TPSA) is 64.4 Å². The monoisotopic (exact) mass is 272 g/mol. The number of nitrogens with one attached hydrogen (secondary N) is 1. The Labute approximate surface area is 119 Å². The Hall–Kier alpha value is -1.83. The fraction of sp³-hybridized carbons (Fsp3) is 0.438. The highest BCUT2D eigenvalue weighted by Crippen LogP contribution is 2.14. The molecule has 1 aromatic rings. The van der Waals surface area contributed by atoms with E-state index < -0.39 is 0 Å². The second kappa shape index (κ2) is 7.09. The molecule has 1 unspecified atom stereocenters. The first-order valence-electron chi connectivity index (χ1n) is 6.90. The summed E-state index contributed by atoms with van der Waals surface area (Å²) in [5, 5.41) is 2.93. The van der Waals surface area contributed by atoms with Gasteiger partial charge in [0.05, 0.1) is 12.6 Å². The number of ether oxygens (including phenoxy) is 1. The maximum atomic E-state index is 12.2. The molecule has 106 valence electrons. The highest BCUT2D eigenvalue weighted by atomic mass is 16.5. The number of hydrogen-bond donors (Lipinski definition) is 2. The molecule has 4 nitrogen and oxygen atoms in total. The first-order valence-corrected chi connectivity index (χ1v) is 6.90. The zero-order valence-electron chi connectivity index (χ0n) is 11.7. The largest absolute Gasteiger partial charge is 0.376 e. The van der Waals surface area contributed by atoms with Crippen LogP contribution in [0, 0.1) is 18.8 Å². The first-order chi connectivity index (χ1) is 9.72. The van der Waals surface area contributed by atoms with Gasteiger partial charge in [0.15, 0.2) is 0 Å². The third-order valence-corrected chi connectivity index (χ3v) is 3.42. The van der Waals surface area contributed by atoms with Gasteiger partial charge in [0.2, 0.25) is 0 Å². The van der Waals surface area contributed by atoms with Crippen LogP contribution in [0.5, 0.6) is 0 Å². The van der Waals surface area contributed by atoms with E-state index in [0.717, 1.165) is 30.6 Å². The molecule has 0 spiro atoms. The molecule has 1 atom stereocenters. The van der Waals surface area contributed by atoms with Crippen molar-refractivity contribution in [1.29, 1.82) is 0 Å². The Morgan fingerprint density at radius 2 is 2.40 bits per heavy atom. The van der Waals surface area contributed by atoms with Crippen LogP contribution in [0.25, 0.3) is 0 Å². The zero-order chi connectivity index (χ0) is 14.4. The second-order valence-corrected chi connectivity index (χ2v) is 4.83. The Balaban J connectivity index is 2.05. The molecule has 0 aromatic heterocycles. The zero-order valence-corrected chi connectivity index (χ0v) is 11.7. The van der Waals surface area contributed by atoms with Crippen LogP contribution in [0.2, 0.25) is 0 Å². The summed E-state index contributed by atoms with van der Waals surface area (Å²) in [6, 6.07) is 5.55. The fourth-order valence-electron chi connectivity index (χ4n) is 2.27. The van der Waals surface area contributed by atoms with Gasteiger partial charge in [-0.25, -0.2) is 0 Å². The van der Waals surface area contributed by atoms with E-state index in [1.807, 2.05) is 25.1 Å². The van der Waals surface area contributed by atoms with Crippen LogP contribution < -0.4 is 11.1 Å². The van der Waals surface area contributed by atoms with Crippen LogP contribution in [-0.2, 0) is 4.74 Å². The molecular weight excluding hydrogens is 252 g/mol. The standard InChI is InChI=1S/C16H20N2O2/c1-12-13(6-3-9-17)5-2-8-15(12)16(19)18-11-14-7-4-10-20-14/h2,5,8,14H,4,7,9-11,17H2,1H3,(H,18,19). The normalized spacial score (nSPS) is 17.4. The van der Waals surface area contributed by atoms with Gasteiger partial charge in [-0.2, -0.15) is 0 Å². The average Bonchev–Trinajstić information content (AvgIpc) is 2.97. The van der Waals surface area contributed by atoms with Gasteiger partial charge >= 0.3 is 0 Å². The van der Waals surface area contributed by atoms with Crippen molar-refractivity contribution in [2.45, 2.75) is 25.9 Å².